The molecular formula is C12H18BrNO2S. The molecule has 0 bridgehead atoms. The molecule has 0 aliphatic carbocycles. The molecule has 0 aliphatic rings. The topological polar surface area (TPSA) is 29.5 Å². The van der Waals surface area contributed by atoms with Crippen LogP contribution in [0.5, 0.6) is 0 Å². The Balaban J connectivity index is 2.54. The summed E-state index contributed by atoms with van der Waals surface area (Å²) in [6, 6.07) is 2.10. The van der Waals surface area contributed by atoms with Crippen molar-refractivity contribution in [3.63, 3.8) is 0 Å². The number of nitrogens with zero attached hydrogens (tertiary/aromatic N) is 1. The minimum absolute atomic E-state index is 0.171. The summed E-state index contributed by atoms with van der Waals surface area (Å²) in [6.07, 6.45) is 0. The minimum Gasteiger partial charge on any atom is -0.469 e. The highest BCUT2D eigenvalue weighted by Gasteiger charge is 2.30. The van der Waals surface area contributed by atoms with Crippen molar-refractivity contribution in [3.05, 3.63) is 20.8 Å². The molecule has 0 N–H and O–H groups in total. The van der Waals surface area contributed by atoms with Gasteiger partial charge in [0.15, 0.2) is 0 Å². The van der Waals surface area contributed by atoms with Crippen molar-refractivity contribution in [2.75, 3.05) is 20.7 Å². The van der Waals surface area contributed by atoms with Crippen LogP contribution < -0.4 is 0 Å². The van der Waals surface area contributed by atoms with Gasteiger partial charge in [0, 0.05) is 13.1 Å². The molecule has 17 heavy (non-hydrogen) atoms. The standard InChI is InChI=1S/C12H18BrNO2S/c1-12(2,11(15)16-4)8-14(3)6-9-5-10(13)17-7-9/h5,7H,6,8H2,1-4H3. The Labute approximate surface area is 115 Å². The van der Waals surface area contributed by atoms with Crippen LogP contribution in [0.2, 0.25) is 0 Å². The van der Waals surface area contributed by atoms with E-state index in [1.807, 2.05) is 20.9 Å². The smallest absolute Gasteiger partial charge is 0.312 e. The third kappa shape index (κ3) is 4.41. The first kappa shape index (κ1) is 14.7. The monoisotopic (exact) mass is 319 g/mol. The van der Waals surface area contributed by atoms with Crippen molar-refractivity contribution in [1.82, 2.24) is 4.90 Å². The van der Waals surface area contributed by atoms with E-state index in [2.05, 4.69) is 32.3 Å². The summed E-state index contributed by atoms with van der Waals surface area (Å²) in [5.41, 5.74) is 0.779. The molecule has 96 valence electrons. The maximum atomic E-state index is 11.6. The fourth-order valence-electron chi connectivity index (χ4n) is 1.81. The quantitative estimate of drug-likeness (QED) is 0.781. The number of rotatable bonds is 5. The summed E-state index contributed by atoms with van der Waals surface area (Å²) in [6.45, 7) is 5.31. The van der Waals surface area contributed by atoms with E-state index in [-0.39, 0.29) is 5.97 Å². The first-order valence-electron chi connectivity index (χ1n) is 5.35. The van der Waals surface area contributed by atoms with E-state index in [0.717, 1.165) is 10.3 Å². The zero-order chi connectivity index (χ0) is 13.1. The molecule has 0 fully saturated rings. The molecule has 0 radical (unpaired) electrons. The maximum Gasteiger partial charge on any atom is 0.312 e. The van der Waals surface area contributed by atoms with Crippen LogP contribution in [-0.4, -0.2) is 31.6 Å². The predicted octanol–water partition coefficient (Wildman–Crippen LogP) is 3.14. The summed E-state index contributed by atoms with van der Waals surface area (Å²) >= 11 is 5.12. The van der Waals surface area contributed by atoms with Gasteiger partial charge in [-0.15, -0.1) is 11.3 Å². The largest absolute Gasteiger partial charge is 0.469 e. The average Bonchev–Trinajstić information content (AvgIpc) is 2.61. The van der Waals surface area contributed by atoms with E-state index in [9.17, 15) is 4.79 Å². The van der Waals surface area contributed by atoms with Crippen molar-refractivity contribution < 1.29 is 9.53 Å². The molecule has 0 amide bonds. The van der Waals surface area contributed by atoms with Crippen LogP contribution in [0.25, 0.3) is 0 Å². The molecule has 1 aromatic heterocycles. The lowest BCUT2D eigenvalue weighted by Gasteiger charge is -2.27. The Morgan fingerprint density at radius 1 is 1.59 bits per heavy atom. The third-order valence-corrected chi connectivity index (χ3v) is 4.03. The molecule has 3 nitrogen and oxygen atoms in total. The van der Waals surface area contributed by atoms with Gasteiger partial charge in [0.2, 0.25) is 0 Å². The molecular weight excluding hydrogens is 302 g/mol. The first-order valence-corrected chi connectivity index (χ1v) is 7.02. The number of carbonyl (C=O) groups is 1. The van der Waals surface area contributed by atoms with E-state index < -0.39 is 5.41 Å². The Morgan fingerprint density at radius 3 is 2.71 bits per heavy atom. The molecule has 1 aromatic rings. The van der Waals surface area contributed by atoms with Crippen LogP contribution in [0.4, 0.5) is 0 Å². The number of halogens is 1. The van der Waals surface area contributed by atoms with Crippen LogP contribution in [0.15, 0.2) is 15.2 Å². The number of hydrogen-bond acceptors (Lipinski definition) is 4. The van der Waals surface area contributed by atoms with Gasteiger partial charge < -0.3 is 9.64 Å². The summed E-state index contributed by atoms with van der Waals surface area (Å²) in [5.74, 6) is -0.171. The second-order valence-corrected chi connectivity index (χ2v) is 7.10. The highest BCUT2D eigenvalue weighted by atomic mass is 79.9. The van der Waals surface area contributed by atoms with E-state index in [4.69, 9.17) is 4.74 Å². The van der Waals surface area contributed by atoms with E-state index in [1.165, 1.54) is 12.7 Å². The van der Waals surface area contributed by atoms with Crippen LogP contribution in [-0.2, 0) is 16.1 Å². The zero-order valence-electron chi connectivity index (χ0n) is 10.6. The summed E-state index contributed by atoms with van der Waals surface area (Å²) in [5, 5.41) is 2.12. The number of esters is 1. The van der Waals surface area contributed by atoms with Crippen molar-refractivity contribution in [3.8, 4) is 0 Å². The molecule has 0 saturated heterocycles. The molecule has 0 spiro atoms. The Hall–Kier alpha value is -0.390. The normalized spacial score (nSPS) is 11.9. The number of thiophene rings is 1. The van der Waals surface area contributed by atoms with Gasteiger partial charge in [-0.3, -0.25) is 4.79 Å². The van der Waals surface area contributed by atoms with Crippen molar-refractivity contribution >= 4 is 33.2 Å². The van der Waals surface area contributed by atoms with E-state index in [0.29, 0.717) is 6.54 Å². The lowest BCUT2D eigenvalue weighted by Crippen LogP contribution is -2.37. The third-order valence-electron chi connectivity index (χ3n) is 2.48. The zero-order valence-corrected chi connectivity index (χ0v) is 13.0. The number of methoxy groups -OCH3 is 1. The van der Waals surface area contributed by atoms with Crippen LogP contribution >= 0.6 is 27.3 Å². The highest BCUT2D eigenvalue weighted by molar-refractivity contribution is 9.11. The maximum absolute atomic E-state index is 11.6. The molecule has 1 heterocycles. The summed E-state index contributed by atoms with van der Waals surface area (Å²) in [4.78, 5) is 13.7. The molecule has 1 rings (SSSR count). The van der Waals surface area contributed by atoms with Gasteiger partial charge in [0.05, 0.1) is 16.3 Å². The van der Waals surface area contributed by atoms with Crippen molar-refractivity contribution in [2.45, 2.75) is 20.4 Å². The van der Waals surface area contributed by atoms with Crippen LogP contribution in [0, 0.1) is 5.41 Å². The lowest BCUT2D eigenvalue weighted by molar-refractivity contribution is -0.151. The SMILES string of the molecule is COC(=O)C(C)(C)CN(C)Cc1csc(Br)c1. The lowest BCUT2D eigenvalue weighted by atomic mass is 9.93. The average molecular weight is 320 g/mol. The summed E-state index contributed by atoms with van der Waals surface area (Å²) < 4.78 is 5.93. The number of carbonyl (C=O) groups excluding carboxylic acids is 1. The van der Waals surface area contributed by atoms with E-state index in [1.54, 1.807) is 11.3 Å². The van der Waals surface area contributed by atoms with Crippen LogP contribution in [0.1, 0.15) is 19.4 Å². The van der Waals surface area contributed by atoms with Crippen molar-refractivity contribution in [1.29, 1.82) is 0 Å². The molecule has 0 saturated carbocycles. The Kier molecular flexibility index (Phi) is 5.16. The molecule has 0 aromatic carbocycles. The summed E-state index contributed by atoms with van der Waals surface area (Å²) in [7, 11) is 3.44. The second kappa shape index (κ2) is 5.98. The molecule has 0 unspecified atom stereocenters. The van der Waals surface area contributed by atoms with Gasteiger partial charge in [-0.05, 0) is 53.8 Å². The first-order chi connectivity index (χ1) is 7.85. The fourth-order valence-corrected chi connectivity index (χ4v) is 3.01. The highest BCUT2D eigenvalue weighted by Crippen LogP contribution is 2.23. The van der Waals surface area contributed by atoms with Gasteiger partial charge >= 0.3 is 5.97 Å². The van der Waals surface area contributed by atoms with Gasteiger partial charge in [-0.2, -0.15) is 0 Å². The molecule has 0 atom stereocenters. The molecule has 0 aliphatic heterocycles. The second-order valence-electron chi connectivity index (χ2n) is 4.81. The predicted molar refractivity (Wildman–Crippen MR) is 74.2 cm³/mol. The Bertz CT molecular complexity index is 390. The van der Waals surface area contributed by atoms with Gasteiger partial charge in [0.1, 0.15) is 0 Å². The fraction of sp³-hybridized carbons (Fsp3) is 0.583. The van der Waals surface area contributed by atoms with Crippen molar-refractivity contribution in [2.24, 2.45) is 5.41 Å². The van der Waals surface area contributed by atoms with Gasteiger partial charge in [-0.25, -0.2) is 0 Å². The molecule has 5 heteroatoms. The Morgan fingerprint density at radius 2 is 2.24 bits per heavy atom. The van der Waals surface area contributed by atoms with E-state index >= 15 is 0 Å². The van der Waals surface area contributed by atoms with Crippen LogP contribution in [0.3, 0.4) is 0 Å². The van der Waals surface area contributed by atoms with Gasteiger partial charge in [0.25, 0.3) is 0 Å². The van der Waals surface area contributed by atoms with Gasteiger partial charge in [-0.1, -0.05) is 0 Å². The minimum atomic E-state index is -0.475. The number of ether oxygens (including phenoxy) is 1. The number of hydrogen-bond donors (Lipinski definition) is 0.